The Labute approximate surface area is 163 Å². The van der Waals surface area contributed by atoms with E-state index in [9.17, 15) is 0 Å². The fourth-order valence-electron chi connectivity index (χ4n) is 4.12. The van der Waals surface area contributed by atoms with E-state index in [-0.39, 0.29) is 0 Å². The molecule has 5 rings (SSSR count). The van der Waals surface area contributed by atoms with E-state index < -0.39 is 0 Å². The monoisotopic (exact) mass is 367 g/mol. The average Bonchev–Trinajstić information content (AvgIpc) is 3.11. The molecule has 0 saturated carbocycles. The number of rotatable bonds is 3. The Kier molecular flexibility index (Phi) is 4.27. The second-order valence-electron chi connectivity index (χ2n) is 7.51. The van der Waals surface area contributed by atoms with Crippen LogP contribution in [0.4, 0.5) is 0 Å². The van der Waals surface area contributed by atoms with Gasteiger partial charge in [-0.05, 0) is 55.3 Å². The molecule has 5 heteroatoms. The Morgan fingerprint density at radius 2 is 1.86 bits per heavy atom. The Hall–Kier alpha value is -3.23. The lowest BCUT2D eigenvalue weighted by Crippen LogP contribution is -2.29. The quantitative estimate of drug-likeness (QED) is 0.573. The van der Waals surface area contributed by atoms with Crippen molar-refractivity contribution < 1.29 is 0 Å². The maximum absolute atomic E-state index is 9.16. The van der Waals surface area contributed by atoms with Gasteiger partial charge in [-0.1, -0.05) is 24.6 Å². The highest BCUT2D eigenvalue weighted by Gasteiger charge is 2.12. The number of aromatic amines is 1. The number of nitrogens with one attached hydrogen (secondary N) is 1. The predicted octanol–water partition coefficient (Wildman–Crippen LogP) is 4.64. The highest BCUT2D eigenvalue weighted by atomic mass is 15.1. The summed E-state index contributed by atoms with van der Waals surface area (Å²) in [7, 11) is 0. The SMILES string of the molecule is N#Cc1cc2c(cn1)[nH]c1ncc(-c3cccc(CN4CCCCC4)c3)cc12. The van der Waals surface area contributed by atoms with Gasteiger partial charge in [0, 0.05) is 29.1 Å². The van der Waals surface area contributed by atoms with Crippen molar-refractivity contribution in [1.29, 1.82) is 5.26 Å². The Morgan fingerprint density at radius 1 is 0.964 bits per heavy atom. The van der Waals surface area contributed by atoms with Gasteiger partial charge in [0.05, 0.1) is 11.7 Å². The molecule has 1 aliphatic rings. The second kappa shape index (κ2) is 7.06. The Balaban J connectivity index is 1.52. The summed E-state index contributed by atoms with van der Waals surface area (Å²) in [6.45, 7) is 3.40. The van der Waals surface area contributed by atoms with Crippen molar-refractivity contribution in [1.82, 2.24) is 19.9 Å². The van der Waals surface area contributed by atoms with Gasteiger partial charge < -0.3 is 4.98 Å². The molecule has 0 atom stereocenters. The molecular weight excluding hydrogens is 346 g/mol. The number of H-pyrrole nitrogens is 1. The molecule has 0 amide bonds. The van der Waals surface area contributed by atoms with Crippen molar-refractivity contribution in [3.8, 4) is 17.2 Å². The van der Waals surface area contributed by atoms with Gasteiger partial charge >= 0.3 is 0 Å². The van der Waals surface area contributed by atoms with Gasteiger partial charge in [-0.3, -0.25) is 4.90 Å². The molecule has 0 unspecified atom stereocenters. The zero-order valence-electron chi connectivity index (χ0n) is 15.7. The molecule has 1 saturated heterocycles. The van der Waals surface area contributed by atoms with Crippen LogP contribution in [0, 0.1) is 11.3 Å². The van der Waals surface area contributed by atoms with Crippen molar-refractivity contribution in [3.63, 3.8) is 0 Å². The highest BCUT2D eigenvalue weighted by Crippen LogP contribution is 2.29. The van der Waals surface area contributed by atoms with Gasteiger partial charge in [-0.25, -0.2) is 9.97 Å². The van der Waals surface area contributed by atoms with Crippen LogP contribution in [0.5, 0.6) is 0 Å². The molecule has 0 radical (unpaired) electrons. The highest BCUT2D eigenvalue weighted by molar-refractivity contribution is 6.06. The van der Waals surface area contributed by atoms with Crippen LogP contribution in [-0.2, 0) is 6.54 Å². The third-order valence-corrected chi connectivity index (χ3v) is 5.56. The molecule has 138 valence electrons. The molecule has 28 heavy (non-hydrogen) atoms. The largest absolute Gasteiger partial charge is 0.338 e. The normalized spacial score (nSPS) is 15.1. The van der Waals surface area contributed by atoms with Crippen LogP contribution in [0.15, 0.2) is 48.8 Å². The molecule has 0 bridgehead atoms. The first-order chi connectivity index (χ1) is 13.8. The first-order valence-electron chi connectivity index (χ1n) is 9.79. The van der Waals surface area contributed by atoms with Crippen LogP contribution in [-0.4, -0.2) is 32.9 Å². The molecule has 5 nitrogen and oxygen atoms in total. The van der Waals surface area contributed by atoms with Crippen LogP contribution in [0.2, 0.25) is 0 Å². The first kappa shape index (κ1) is 16.9. The molecule has 4 aromatic rings. The first-order valence-corrected chi connectivity index (χ1v) is 9.79. The van der Waals surface area contributed by atoms with Crippen molar-refractivity contribution >= 4 is 21.9 Å². The number of hydrogen-bond acceptors (Lipinski definition) is 4. The summed E-state index contributed by atoms with van der Waals surface area (Å²) in [6.07, 6.45) is 7.58. The standard InChI is InChI=1S/C23H21N5/c24-12-19-11-20-21-10-18(13-26-23(21)27-22(20)14-25-19)17-6-4-5-16(9-17)15-28-7-2-1-3-8-28/h4-6,9-11,13-14H,1-3,7-8,15H2,(H,26,27). The van der Waals surface area contributed by atoms with E-state index in [0.717, 1.165) is 34.0 Å². The molecular formula is C23H21N5. The van der Waals surface area contributed by atoms with Crippen LogP contribution >= 0.6 is 0 Å². The summed E-state index contributed by atoms with van der Waals surface area (Å²) < 4.78 is 0. The van der Waals surface area contributed by atoms with Crippen molar-refractivity contribution in [2.24, 2.45) is 0 Å². The van der Waals surface area contributed by atoms with E-state index in [4.69, 9.17) is 5.26 Å². The number of fused-ring (bicyclic) bond motifs is 3. The number of aromatic nitrogens is 3. The molecule has 1 aliphatic heterocycles. The van der Waals surface area contributed by atoms with Crippen molar-refractivity contribution in [2.45, 2.75) is 25.8 Å². The minimum Gasteiger partial charge on any atom is -0.338 e. The van der Waals surface area contributed by atoms with Crippen LogP contribution in [0.1, 0.15) is 30.5 Å². The lowest BCUT2D eigenvalue weighted by molar-refractivity contribution is 0.221. The van der Waals surface area contributed by atoms with Gasteiger partial charge in [0.2, 0.25) is 0 Å². The van der Waals surface area contributed by atoms with Gasteiger partial charge in [0.25, 0.3) is 0 Å². The Morgan fingerprint density at radius 3 is 2.71 bits per heavy atom. The van der Waals surface area contributed by atoms with Crippen molar-refractivity contribution in [2.75, 3.05) is 13.1 Å². The number of hydrogen-bond donors (Lipinski definition) is 1. The van der Waals surface area contributed by atoms with E-state index >= 15 is 0 Å². The number of pyridine rings is 2. The average molecular weight is 367 g/mol. The molecule has 4 heterocycles. The second-order valence-corrected chi connectivity index (χ2v) is 7.51. The molecule has 1 N–H and O–H groups in total. The fourth-order valence-corrected chi connectivity index (χ4v) is 4.12. The van der Waals surface area contributed by atoms with E-state index in [1.165, 1.54) is 43.5 Å². The molecule has 3 aromatic heterocycles. The third-order valence-electron chi connectivity index (χ3n) is 5.56. The van der Waals surface area contributed by atoms with Gasteiger partial charge in [-0.2, -0.15) is 5.26 Å². The lowest BCUT2D eigenvalue weighted by Gasteiger charge is -2.26. The van der Waals surface area contributed by atoms with Gasteiger partial charge in [0.1, 0.15) is 17.4 Å². The number of nitriles is 1. The molecule has 1 fully saturated rings. The summed E-state index contributed by atoms with van der Waals surface area (Å²) in [6, 6.07) is 14.8. The van der Waals surface area contributed by atoms with E-state index in [1.807, 2.05) is 12.3 Å². The van der Waals surface area contributed by atoms with Gasteiger partial charge in [0.15, 0.2) is 0 Å². The van der Waals surface area contributed by atoms with E-state index in [2.05, 4.69) is 56.3 Å². The third kappa shape index (κ3) is 3.12. The fraction of sp³-hybridized carbons (Fsp3) is 0.261. The van der Waals surface area contributed by atoms with Crippen LogP contribution in [0.25, 0.3) is 33.1 Å². The Bertz CT molecular complexity index is 1190. The number of benzene rings is 1. The summed E-state index contributed by atoms with van der Waals surface area (Å²) in [5.74, 6) is 0. The van der Waals surface area contributed by atoms with Crippen LogP contribution in [0.3, 0.4) is 0 Å². The predicted molar refractivity (Wildman–Crippen MR) is 111 cm³/mol. The van der Waals surface area contributed by atoms with Crippen molar-refractivity contribution in [3.05, 3.63) is 60.0 Å². The molecule has 1 aromatic carbocycles. The maximum Gasteiger partial charge on any atom is 0.141 e. The molecule has 0 aliphatic carbocycles. The zero-order chi connectivity index (χ0) is 18.9. The van der Waals surface area contributed by atoms with Crippen LogP contribution < -0.4 is 0 Å². The summed E-state index contributed by atoms with van der Waals surface area (Å²) in [5, 5.41) is 11.2. The maximum atomic E-state index is 9.16. The number of piperidine rings is 1. The van der Waals surface area contributed by atoms with E-state index in [0.29, 0.717) is 5.69 Å². The number of nitrogens with zero attached hydrogens (tertiary/aromatic N) is 4. The summed E-state index contributed by atoms with van der Waals surface area (Å²) >= 11 is 0. The minimum atomic E-state index is 0.419. The smallest absolute Gasteiger partial charge is 0.141 e. The van der Waals surface area contributed by atoms with Gasteiger partial charge in [-0.15, -0.1) is 0 Å². The lowest BCUT2D eigenvalue weighted by atomic mass is 10.0. The zero-order valence-corrected chi connectivity index (χ0v) is 15.7. The summed E-state index contributed by atoms with van der Waals surface area (Å²) in [5.41, 5.74) is 5.74. The number of likely N-dealkylation sites (tertiary alicyclic amines) is 1. The van der Waals surface area contributed by atoms with E-state index in [1.54, 1.807) is 6.20 Å². The topological polar surface area (TPSA) is 68.6 Å². The molecule has 0 spiro atoms. The minimum absolute atomic E-state index is 0.419. The summed E-state index contributed by atoms with van der Waals surface area (Å²) in [4.78, 5) is 14.6.